The Labute approximate surface area is 80.0 Å². The van der Waals surface area contributed by atoms with Crippen LogP contribution in [0.5, 0.6) is 0 Å². The number of hydrogen-bond acceptors (Lipinski definition) is 2. The summed E-state index contributed by atoms with van der Waals surface area (Å²) < 4.78 is 0. The number of carbonyl (C=O) groups excluding carboxylic acids is 1. The molecular formula is C9H8NO4. The molecule has 14 heavy (non-hydrogen) atoms. The molecule has 1 aromatic rings. The first-order valence-corrected chi connectivity index (χ1v) is 3.86. The lowest BCUT2D eigenvalue weighted by molar-refractivity contribution is -0.136. The van der Waals surface area contributed by atoms with Crippen LogP contribution in [-0.2, 0) is 16.3 Å². The van der Waals surface area contributed by atoms with Crippen molar-refractivity contribution in [1.29, 1.82) is 0 Å². The SMILES string of the molecule is [O]C(=O)Nc1ccc(CC(=O)O)cc1. The van der Waals surface area contributed by atoms with Crippen LogP contribution in [0.3, 0.4) is 0 Å². The summed E-state index contributed by atoms with van der Waals surface area (Å²) >= 11 is 0. The molecule has 0 aliphatic rings. The van der Waals surface area contributed by atoms with Gasteiger partial charge in [0.05, 0.1) is 6.42 Å². The molecule has 1 aromatic carbocycles. The Balaban J connectivity index is 2.68. The second-order valence-corrected chi connectivity index (χ2v) is 2.68. The van der Waals surface area contributed by atoms with E-state index in [9.17, 15) is 14.7 Å². The molecule has 2 N–H and O–H groups in total. The molecule has 0 aliphatic carbocycles. The number of amides is 1. The van der Waals surface area contributed by atoms with Crippen molar-refractivity contribution in [2.24, 2.45) is 0 Å². The molecule has 0 atom stereocenters. The number of rotatable bonds is 3. The van der Waals surface area contributed by atoms with Crippen molar-refractivity contribution in [2.75, 3.05) is 5.32 Å². The number of carbonyl (C=O) groups is 2. The average Bonchev–Trinajstić information content (AvgIpc) is 2.06. The zero-order valence-corrected chi connectivity index (χ0v) is 7.19. The van der Waals surface area contributed by atoms with E-state index in [1.165, 1.54) is 12.1 Å². The van der Waals surface area contributed by atoms with Gasteiger partial charge in [-0.1, -0.05) is 12.1 Å². The topological polar surface area (TPSA) is 86.3 Å². The minimum atomic E-state index is -1.39. The van der Waals surface area contributed by atoms with Crippen molar-refractivity contribution in [1.82, 2.24) is 0 Å². The van der Waals surface area contributed by atoms with Gasteiger partial charge in [0.25, 0.3) is 0 Å². The predicted octanol–water partition coefficient (Wildman–Crippen LogP) is 1.28. The van der Waals surface area contributed by atoms with E-state index in [0.717, 1.165) is 0 Å². The van der Waals surface area contributed by atoms with Gasteiger partial charge in [-0.2, -0.15) is 0 Å². The van der Waals surface area contributed by atoms with E-state index in [0.29, 0.717) is 11.3 Å². The Hall–Kier alpha value is -2.04. The van der Waals surface area contributed by atoms with Gasteiger partial charge < -0.3 is 5.11 Å². The molecule has 73 valence electrons. The normalized spacial score (nSPS) is 9.43. The highest BCUT2D eigenvalue weighted by molar-refractivity contribution is 5.82. The van der Waals surface area contributed by atoms with Gasteiger partial charge in [0.1, 0.15) is 0 Å². The summed E-state index contributed by atoms with van der Waals surface area (Å²) in [6, 6.07) is 6.04. The molecule has 5 nitrogen and oxygen atoms in total. The largest absolute Gasteiger partial charge is 0.481 e. The van der Waals surface area contributed by atoms with E-state index < -0.39 is 12.1 Å². The van der Waals surface area contributed by atoms with E-state index in [1.807, 2.05) is 5.32 Å². The third kappa shape index (κ3) is 3.14. The van der Waals surface area contributed by atoms with Crippen molar-refractivity contribution in [3.05, 3.63) is 29.8 Å². The standard InChI is InChI=1S/C9H8NO4/c11-8(12)5-6-1-3-7(4-2-6)10-9(13)14/h1-4,10H,5H2,(H,11,12). The predicted molar refractivity (Wildman–Crippen MR) is 47.5 cm³/mol. The van der Waals surface area contributed by atoms with Crippen LogP contribution in [0.2, 0.25) is 0 Å². The second kappa shape index (κ2) is 4.27. The van der Waals surface area contributed by atoms with Gasteiger partial charge in [-0.3, -0.25) is 10.1 Å². The Morgan fingerprint density at radius 2 is 1.79 bits per heavy atom. The van der Waals surface area contributed by atoms with E-state index in [4.69, 9.17) is 5.11 Å². The number of carboxylic acids is 1. The molecule has 0 bridgehead atoms. The van der Waals surface area contributed by atoms with Crippen LogP contribution in [-0.4, -0.2) is 17.2 Å². The molecule has 0 heterocycles. The summed E-state index contributed by atoms with van der Waals surface area (Å²) in [5.41, 5.74) is 0.973. The van der Waals surface area contributed by atoms with Crippen molar-refractivity contribution in [3.63, 3.8) is 0 Å². The highest BCUT2D eigenvalue weighted by Gasteiger charge is 2.02. The minimum Gasteiger partial charge on any atom is -0.481 e. The summed E-state index contributed by atoms with van der Waals surface area (Å²) in [5, 5.41) is 20.6. The van der Waals surface area contributed by atoms with Gasteiger partial charge in [-0.25, -0.2) is 9.90 Å². The van der Waals surface area contributed by atoms with Gasteiger partial charge in [0.15, 0.2) is 0 Å². The summed E-state index contributed by atoms with van der Waals surface area (Å²) in [5.74, 6) is -0.925. The van der Waals surface area contributed by atoms with Crippen LogP contribution in [0.1, 0.15) is 5.56 Å². The lowest BCUT2D eigenvalue weighted by Gasteiger charge is -2.00. The number of anilines is 1. The fourth-order valence-electron chi connectivity index (χ4n) is 0.998. The number of benzene rings is 1. The number of hydrogen-bond donors (Lipinski definition) is 2. The molecule has 0 saturated carbocycles. The molecule has 0 saturated heterocycles. The molecule has 1 radical (unpaired) electrons. The van der Waals surface area contributed by atoms with Crippen LogP contribution < -0.4 is 5.32 Å². The molecule has 1 amide bonds. The van der Waals surface area contributed by atoms with Crippen molar-refractivity contribution >= 4 is 17.7 Å². The van der Waals surface area contributed by atoms with Crippen LogP contribution >= 0.6 is 0 Å². The summed E-state index contributed by atoms with van der Waals surface area (Å²) in [7, 11) is 0. The van der Waals surface area contributed by atoms with Crippen LogP contribution in [0.25, 0.3) is 0 Å². The van der Waals surface area contributed by atoms with Crippen LogP contribution in [0.4, 0.5) is 10.5 Å². The van der Waals surface area contributed by atoms with E-state index in [-0.39, 0.29) is 6.42 Å². The minimum absolute atomic E-state index is 0.0778. The Kier molecular flexibility index (Phi) is 3.06. The lowest BCUT2D eigenvalue weighted by atomic mass is 10.1. The van der Waals surface area contributed by atoms with E-state index in [1.54, 1.807) is 12.1 Å². The third-order valence-electron chi connectivity index (χ3n) is 1.56. The van der Waals surface area contributed by atoms with Gasteiger partial charge in [0, 0.05) is 5.69 Å². The first kappa shape index (κ1) is 10.0. The first-order valence-electron chi connectivity index (χ1n) is 3.86. The first-order chi connectivity index (χ1) is 6.58. The molecule has 0 fully saturated rings. The Morgan fingerprint density at radius 1 is 1.21 bits per heavy atom. The molecule has 0 aromatic heterocycles. The molecule has 0 spiro atoms. The quantitative estimate of drug-likeness (QED) is 0.759. The second-order valence-electron chi connectivity index (χ2n) is 2.68. The zero-order chi connectivity index (χ0) is 10.6. The monoisotopic (exact) mass is 194 g/mol. The fraction of sp³-hybridized carbons (Fsp3) is 0.111. The average molecular weight is 194 g/mol. The van der Waals surface area contributed by atoms with E-state index >= 15 is 0 Å². The highest BCUT2D eigenvalue weighted by Crippen LogP contribution is 2.09. The molecule has 0 unspecified atom stereocenters. The molecule has 0 aliphatic heterocycles. The number of carboxylic acid groups (broad SMARTS) is 1. The Bertz CT molecular complexity index is 309. The number of nitrogens with one attached hydrogen (secondary N) is 1. The molecular weight excluding hydrogens is 186 g/mol. The zero-order valence-electron chi connectivity index (χ0n) is 7.19. The lowest BCUT2D eigenvalue weighted by Crippen LogP contribution is -2.06. The maximum Gasteiger partial charge on any atom is 0.454 e. The Morgan fingerprint density at radius 3 is 2.21 bits per heavy atom. The molecule has 1 rings (SSSR count). The number of aliphatic carboxylic acids is 1. The van der Waals surface area contributed by atoms with E-state index in [2.05, 4.69) is 0 Å². The maximum absolute atomic E-state index is 10.3. The maximum atomic E-state index is 10.3. The summed E-state index contributed by atoms with van der Waals surface area (Å²) in [6.07, 6.45) is -1.47. The fourth-order valence-corrected chi connectivity index (χ4v) is 0.998. The van der Waals surface area contributed by atoms with Gasteiger partial charge >= 0.3 is 12.1 Å². The third-order valence-corrected chi connectivity index (χ3v) is 1.56. The highest BCUT2D eigenvalue weighted by atomic mass is 16.4. The van der Waals surface area contributed by atoms with Gasteiger partial charge in [0.2, 0.25) is 0 Å². The van der Waals surface area contributed by atoms with Crippen molar-refractivity contribution < 1.29 is 19.8 Å². The van der Waals surface area contributed by atoms with Crippen molar-refractivity contribution in [2.45, 2.75) is 6.42 Å². The summed E-state index contributed by atoms with van der Waals surface area (Å²) in [6.45, 7) is 0. The van der Waals surface area contributed by atoms with Crippen LogP contribution in [0, 0.1) is 0 Å². The van der Waals surface area contributed by atoms with Crippen molar-refractivity contribution in [3.8, 4) is 0 Å². The van der Waals surface area contributed by atoms with Crippen LogP contribution in [0.15, 0.2) is 24.3 Å². The summed E-state index contributed by atoms with van der Waals surface area (Å²) in [4.78, 5) is 20.4. The van der Waals surface area contributed by atoms with Gasteiger partial charge in [-0.15, -0.1) is 0 Å². The van der Waals surface area contributed by atoms with Gasteiger partial charge in [-0.05, 0) is 17.7 Å². The smallest absolute Gasteiger partial charge is 0.454 e. The molecule has 5 heteroatoms.